The van der Waals surface area contributed by atoms with Crippen LogP contribution in [0, 0.1) is 0 Å². The summed E-state index contributed by atoms with van der Waals surface area (Å²) >= 11 is 3.46. The Morgan fingerprint density at radius 1 is 0.711 bits per heavy atom. The summed E-state index contributed by atoms with van der Waals surface area (Å²) in [5.41, 5.74) is 5.91. The number of para-hydroxylation sites is 1. The SMILES string of the molecule is O=C(N/N=C/c1c(OCc2ccc(Br)cc2)ccc2ccccc12)c1ccccc1OCc1ccccc1. The van der Waals surface area contributed by atoms with E-state index in [9.17, 15) is 4.79 Å². The highest BCUT2D eigenvalue weighted by Gasteiger charge is 2.12. The molecule has 5 rings (SSSR count). The van der Waals surface area contributed by atoms with Gasteiger partial charge in [0.25, 0.3) is 5.91 Å². The summed E-state index contributed by atoms with van der Waals surface area (Å²) in [6.45, 7) is 0.772. The highest BCUT2D eigenvalue weighted by atomic mass is 79.9. The summed E-state index contributed by atoms with van der Waals surface area (Å²) in [5, 5.41) is 6.32. The number of halogens is 1. The van der Waals surface area contributed by atoms with Gasteiger partial charge in [-0.2, -0.15) is 5.10 Å². The van der Waals surface area contributed by atoms with Crippen LogP contribution in [0.5, 0.6) is 11.5 Å². The maximum atomic E-state index is 13.0. The topological polar surface area (TPSA) is 59.9 Å². The normalized spacial score (nSPS) is 11.0. The van der Waals surface area contributed by atoms with E-state index in [-0.39, 0.29) is 5.91 Å². The number of nitrogens with one attached hydrogen (secondary N) is 1. The largest absolute Gasteiger partial charge is 0.488 e. The van der Waals surface area contributed by atoms with Crippen molar-refractivity contribution in [2.45, 2.75) is 13.2 Å². The smallest absolute Gasteiger partial charge is 0.275 e. The predicted octanol–water partition coefficient (Wildman–Crippen LogP) is 7.52. The van der Waals surface area contributed by atoms with E-state index in [1.165, 1.54) is 0 Å². The lowest BCUT2D eigenvalue weighted by Crippen LogP contribution is -2.18. The van der Waals surface area contributed by atoms with E-state index >= 15 is 0 Å². The molecule has 0 aliphatic rings. The first-order valence-corrected chi connectivity index (χ1v) is 12.9. The van der Waals surface area contributed by atoms with E-state index < -0.39 is 0 Å². The van der Waals surface area contributed by atoms with Gasteiger partial charge < -0.3 is 9.47 Å². The Bertz CT molecular complexity index is 1570. The maximum absolute atomic E-state index is 13.0. The lowest BCUT2D eigenvalue weighted by molar-refractivity contribution is 0.0950. The molecule has 38 heavy (non-hydrogen) atoms. The van der Waals surface area contributed by atoms with Gasteiger partial charge in [-0.25, -0.2) is 5.43 Å². The van der Waals surface area contributed by atoms with Crippen LogP contribution < -0.4 is 14.9 Å². The van der Waals surface area contributed by atoms with Gasteiger partial charge in [0.1, 0.15) is 24.7 Å². The molecule has 0 atom stereocenters. The Labute approximate surface area is 229 Å². The highest BCUT2D eigenvalue weighted by Crippen LogP contribution is 2.28. The van der Waals surface area contributed by atoms with Gasteiger partial charge >= 0.3 is 0 Å². The van der Waals surface area contributed by atoms with Crippen molar-refractivity contribution in [2.75, 3.05) is 0 Å². The molecule has 5 aromatic carbocycles. The van der Waals surface area contributed by atoms with Crippen LogP contribution in [-0.2, 0) is 13.2 Å². The summed E-state index contributed by atoms with van der Waals surface area (Å²) < 4.78 is 13.1. The third-order valence-electron chi connectivity index (χ3n) is 5.97. The van der Waals surface area contributed by atoms with Gasteiger partial charge in [-0.1, -0.05) is 101 Å². The minimum Gasteiger partial charge on any atom is -0.488 e. The lowest BCUT2D eigenvalue weighted by atomic mass is 10.0. The number of ether oxygens (including phenoxy) is 2. The second-order valence-electron chi connectivity index (χ2n) is 8.58. The van der Waals surface area contributed by atoms with Crippen LogP contribution in [0.15, 0.2) is 125 Å². The zero-order valence-electron chi connectivity index (χ0n) is 20.5. The van der Waals surface area contributed by atoms with E-state index in [4.69, 9.17) is 9.47 Å². The fraction of sp³-hybridized carbons (Fsp3) is 0.0625. The molecule has 5 nitrogen and oxygen atoms in total. The van der Waals surface area contributed by atoms with Crippen molar-refractivity contribution in [3.8, 4) is 11.5 Å². The first-order chi connectivity index (χ1) is 18.7. The molecule has 1 amide bonds. The molecule has 5 aromatic rings. The van der Waals surface area contributed by atoms with Gasteiger partial charge in [-0.3, -0.25) is 4.79 Å². The van der Waals surface area contributed by atoms with E-state index in [0.29, 0.717) is 30.3 Å². The summed E-state index contributed by atoms with van der Waals surface area (Å²) in [4.78, 5) is 13.0. The fourth-order valence-corrected chi connectivity index (χ4v) is 4.27. The van der Waals surface area contributed by atoms with E-state index in [1.54, 1.807) is 24.4 Å². The van der Waals surface area contributed by atoms with Crippen LogP contribution in [0.25, 0.3) is 10.8 Å². The number of carbonyl (C=O) groups is 1. The monoisotopic (exact) mass is 564 g/mol. The van der Waals surface area contributed by atoms with Gasteiger partial charge in [-0.15, -0.1) is 0 Å². The molecule has 6 heteroatoms. The third kappa shape index (κ3) is 6.28. The molecule has 0 heterocycles. The lowest BCUT2D eigenvalue weighted by Gasteiger charge is -2.12. The van der Waals surface area contributed by atoms with Gasteiger partial charge in [0, 0.05) is 10.0 Å². The molecule has 0 fully saturated rings. The molecule has 0 aliphatic heterocycles. The fourth-order valence-electron chi connectivity index (χ4n) is 4.01. The van der Waals surface area contributed by atoms with Crippen LogP contribution in [0.2, 0.25) is 0 Å². The molecule has 0 saturated carbocycles. The molecule has 0 aliphatic carbocycles. The van der Waals surface area contributed by atoms with Crippen molar-refractivity contribution in [3.05, 3.63) is 142 Å². The first kappa shape index (κ1) is 25.2. The van der Waals surface area contributed by atoms with Crippen molar-refractivity contribution in [1.82, 2.24) is 5.43 Å². The first-order valence-electron chi connectivity index (χ1n) is 12.2. The average molecular weight is 565 g/mol. The zero-order valence-corrected chi connectivity index (χ0v) is 22.1. The number of hydrazone groups is 1. The van der Waals surface area contributed by atoms with Crippen molar-refractivity contribution < 1.29 is 14.3 Å². The van der Waals surface area contributed by atoms with Crippen molar-refractivity contribution in [3.63, 3.8) is 0 Å². The summed E-state index contributed by atoms with van der Waals surface area (Å²) in [7, 11) is 0. The number of rotatable bonds is 9. The Hall–Kier alpha value is -4.42. The number of nitrogens with zero attached hydrogens (tertiary/aromatic N) is 1. The molecular weight excluding hydrogens is 540 g/mol. The van der Waals surface area contributed by atoms with Crippen LogP contribution in [-0.4, -0.2) is 12.1 Å². The van der Waals surface area contributed by atoms with Crippen LogP contribution >= 0.6 is 15.9 Å². The van der Waals surface area contributed by atoms with Crippen molar-refractivity contribution in [2.24, 2.45) is 5.10 Å². The van der Waals surface area contributed by atoms with E-state index in [0.717, 1.165) is 31.9 Å². The number of amides is 1. The molecular formula is C32H25BrN2O3. The molecule has 0 saturated heterocycles. The maximum Gasteiger partial charge on any atom is 0.275 e. The average Bonchev–Trinajstić information content (AvgIpc) is 2.97. The minimum absolute atomic E-state index is 0.359. The van der Waals surface area contributed by atoms with Crippen LogP contribution in [0.1, 0.15) is 27.0 Å². The standard InChI is InChI=1S/C32H25BrN2O3/c33-26-17-14-24(15-18-26)22-38-31-19-16-25-10-4-5-11-27(25)29(31)20-34-35-32(36)28-12-6-7-13-30(28)37-21-23-8-2-1-3-9-23/h1-20H,21-22H2,(H,35,36)/b34-20+. The van der Waals surface area contributed by atoms with Crippen molar-refractivity contribution in [1.29, 1.82) is 0 Å². The highest BCUT2D eigenvalue weighted by molar-refractivity contribution is 9.10. The Morgan fingerprint density at radius 3 is 2.18 bits per heavy atom. The van der Waals surface area contributed by atoms with Gasteiger partial charge in [0.05, 0.1) is 11.8 Å². The third-order valence-corrected chi connectivity index (χ3v) is 6.50. The second-order valence-corrected chi connectivity index (χ2v) is 9.50. The zero-order chi connectivity index (χ0) is 26.2. The summed E-state index contributed by atoms with van der Waals surface area (Å²) in [6, 6.07) is 36.9. The molecule has 0 bridgehead atoms. The molecule has 0 unspecified atom stereocenters. The number of hydrogen-bond donors (Lipinski definition) is 1. The molecule has 0 radical (unpaired) electrons. The number of benzene rings is 5. The van der Waals surface area contributed by atoms with E-state index in [2.05, 4.69) is 26.5 Å². The van der Waals surface area contributed by atoms with Crippen LogP contribution in [0.4, 0.5) is 0 Å². The predicted molar refractivity (Wildman–Crippen MR) is 155 cm³/mol. The summed E-state index contributed by atoms with van der Waals surface area (Å²) in [6.07, 6.45) is 1.63. The Morgan fingerprint density at radius 2 is 1.37 bits per heavy atom. The van der Waals surface area contributed by atoms with Gasteiger partial charge in [0.2, 0.25) is 0 Å². The number of fused-ring (bicyclic) bond motifs is 1. The van der Waals surface area contributed by atoms with Gasteiger partial charge in [-0.05, 0) is 52.2 Å². The van der Waals surface area contributed by atoms with E-state index in [1.807, 2.05) is 97.1 Å². The minimum atomic E-state index is -0.359. The summed E-state index contributed by atoms with van der Waals surface area (Å²) in [5.74, 6) is 0.812. The Balaban J connectivity index is 1.33. The Kier molecular flexibility index (Phi) is 8.11. The molecule has 0 spiro atoms. The number of carbonyl (C=O) groups excluding carboxylic acids is 1. The second kappa shape index (κ2) is 12.2. The van der Waals surface area contributed by atoms with Crippen LogP contribution in [0.3, 0.4) is 0 Å². The molecule has 188 valence electrons. The number of hydrogen-bond acceptors (Lipinski definition) is 4. The van der Waals surface area contributed by atoms with Gasteiger partial charge in [0.15, 0.2) is 0 Å². The molecule has 1 N–H and O–H groups in total. The molecule has 0 aromatic heterocycles. The van der Waals surface area contributed by atoms with Crippen molar-refractivity contribution >= 4 is 38.8 Å². The quantitative estimate of drug-likeness (QED) is 0.149.